The number of nitrogens with zero attached hydrogens (tertiary/aromatic N) is 1. The van der Waals surface area contributed by atoms with E-state index in [0.717, 1.165) is 39.4 Å². The number of hydrogen-bond acceptors (Lipinski definition) is 4. The fourth-order valence-electron chi connectivity index (χ4n) is 3.14. The number of carbonyl (C=O) groups is 1. The molecule has 27 heavy (non-hydrogen) atoms. The van der Waals surface area contributed by atoms with E-state index in [0.29, 0.717) is 12.1 Å². The average molecular weight is 363 g/mol. The number of hydrogen-bond donors (Lipinski definition) is 2. The number of anilines is 1. The predicted octanol–water partition coefficient (Wildman–Crippen LogP) is 4.55. The number of rotatable bonds is 5. The first-order valence-corrected chi connectivity index (χ1v) is 9.00. The lowest BCUT2D eigenvalue weighted by Gasteiger charge is -2.15. The SMILES string of the molecule is CNc1cc(-c2ccc(C)cc2)cc(C(=O)NCc2c(C)noc2C)c1C. The van der Waals surface area contributed by atoms with Crippen LogP contribution in [0.1, 0.15) is 38.5 Å². The summed E-state index contributed by atoms with van der Waals surface area (Å²) in [5.41, 5.74) is 7.53. The second-order valence-corrected chi connectivity index (χ2v) is 6.80. The van der Waals surface area contributed by atoms with Crippen molar-refractivity contribution in [3.8, 4) is 11.1 Å². The zero-order chi connectivity index (χ0) is 19.6. The summed E-state index contributed by atoms with van der Waals surface area (Å²) in [6, 6.07) is 12.3. The van der Waals surface area contributed by atoms with Crippen molar-refractivity contribution in [2.45, 2.75) is 34.2 Å². The Morgan fingerprint density at radius 2 is 1.74 bits per heavy atom. The van der Waals surface area contributed by atoms with Crippen LogP contribution >= 0.6 is 0 Å². The molecule has 5 nitrogen and oxygen atoms in total. The van der Waals surface area contributed by atoms with Crippen LogP contribution in [0.3, 0.4) is 0 Å². The molecule has 0 saturated carbocycles. The summed E-state index contributed by atoms with van der Waals surface area (Å²) < 4.78 is 5.17. The minimum absolute atomic E-state index is 0.113. The highest BCUT2D eigenvalue weighted by molar-refractivity contribution is 5.98. The molecule has 1 aromatic heterocycles. The molecule has 140 valence electrons. The molecule has 0 bridgehead atoms. The quantitative estimate of drug-likeness (QED) is 0.698. The van der Waals surface area contributed by atoms with Crippen molar-refractivity contribution in [3.05, 3.63) is 70.1 Å². The summed E-state index contributed by atoms with van der Waals surface area (Å²) in [5, 5.41) is 10.1. The number of nitrogens with one attached hydrogen (secondary N) is 2. The highest BCUT2D eigenvalue weighted by atomic mass is 16.5. The van der Waals surface area contributed by atoms with Gasteiger partial charge in [0.25, 0.3) is 5.91 Å². The summed E-state index contributed by atoms with van der Waals surface area (Å²) in [6.45, 7) is 8.13. The van der Waals surface area contributed by atoms with E-state index in [1.807, 2.05) is 33.9 Å². The van der Waals surface area contributed by atoms with Crippen LogP contribution in [-0.4, -0.2) is 18.1 Å². The molecular formula is C22H25N3O2. The number of aromatic nitrogens is 1. The second-order valence-electron chi connectivity index (χ2n) is 6.80. The van der Waals surface area contributed by atoms with Gasteiger partial charge < -0.3 is 15.2 Å². The Hall–Kier alpha value is -3.08. The standard InChI is InChI=1S/C22H25N3O2/c1-13-6-8-17(9-7-13)18-10-19(14(2)21(11-18)23-5)22(26)24-12-20-15(3)25-27-16(20)4/h6-11,23H,12H2,1-5H3,(H,24,26). The molecule has 0 aliphatic carbocycles. The topological polar surface area (TPSA) is 67.2 Å². The molecule has 5 heteroatoms. The van der Waals surface area contributed by atoms with Crippen LogP contribution in [0.4, 0.5) is 5.69 Å². The van der Waals surface area contributed by atoms with Crippen molar-refractivity contribution in [2.75, 3.05) is 12.4 Å². The van der Waals surface area contributed by atoms with Gasteiger partial charge in [-0.3, -0.25) is 4.79 Å². The molecule has 0 spiro atoms. The molecule has 3 rings (SSSR count). The maximum atomic E-state index is 12.9. The van der Waals surface area contributed by atoms with E-state index >= 15 is 0 Å². The van der Waals surface area contributed by atoms with Crippen LogP contribution in [0.5, 0.6) is 0 Å². The van der Waals surface area contributed by atoms with Gasteiger partial charge in [-0.2, -0.15) is 0 Å². The van der Waals surface area contributed by atoms with Gasteiger partial charge in [0.05, 0.1) is 5.69 Å². The first-order chi connectivity index (χ1) is 12.9. The van der Waals surface area contributed by atoms with E-state index in [2.05, 4.69) is 53.0 Å². The fourth-order valence-corrected chi connectivity index (χ4v) is 3.14. The first-order valence-electron chi connectivity index (χ1n) is 9.00. The summed E-state index contributed by atoms with van der Waals surface area (Å²) in [7, 11) is 1.87. The van der Waals surface area contributed by atoms with E-state index in [-0.39, 0.29) is 5.91 Å². The Labute approximate surface area is 159 Å². The number of aryl methyl sites for hydroxylation is 3. The van der Waals surface area contributed by atoms with Gasteiger partial charge in [0.1, 0.15) is 5.76 Å². The molecular weight excluding hydrogens is 338 g/mol. The van der Waals surface area contributed by atoms with Gasteiger partial charge in [-0.25, -0.2) is 0 Å². The molecule has 3 aromatic rings. The third-order valence-corrected chi connectivity index (χ3v) is 4.91. The van der Waals surface area contributed by atoms with Gasteiger partial charge in [0.15, 0.2) is 0 Å². The molecule has 2 aromatic carbocycles. The lowest BCUT2D eigenvalue weighted by Crippen LogP contribution is -2.24. The summed E-state index contributed by atoms with van der Waals surface area (Å²) in [5.74, 6) is 0.617. The van der Waals surface area contributed by atoms with Gasteiger partial charge in [0.2, 0.25) is 0 Å². The lowest BCUT2D eigenvalue weighted by atomic mass is 9.97. The maximum Gasteiger partial charge on any atom is 0.251 e. The zero-order valence-electron chi connectivity index (χ0n) is 16.4. The van der Waals surface area contributed by atoms with E-state index in [1.165, 1.54) is 5.56 Å². The Morgan fingerprint density at radius 3 is 2.33 bits per heavy atom. The van der Waals surface area contributed by atoms with Gasteiger partial charge in [-0.1, -0.05) is 35.0 Å². The molecule has 0 saturated heterocycles. The third kappa shape index (κ3) is 3.87. The molecule has 0 radical (unpaired) electrons. The predicted molar refractivity (Wildman–Crippen MR) is 108 cm³/mol. The first kappa shape index (κ1) is 18.7. The van der Waals surface area contributed by atoms with Crippen molar-refractivity contribution in [2.24, 2.45) is 0 Å². The van der Waals surface area contributed by atoms with Crippen LogP contribution in [0.25, 0.3) is 11.1 Å². The largest absolute Gasteiger partial charge is 0.388 e. The fraction of sp³-hybridized carbons (Fsp3) is 0.273. The van der Waals surface area contributed by atoms with Crippen molar-refractivity contribution in [1.29, 1.82) is 0 Å². The monoisotopic (exact) mass is 363 g/mol. The molecule has 0 aliphatic rings. The van der Waals surface area contributed by atoms with Crippen LogP contribution in [0, 0.1) is 27.7 Å². The smallest absolute Gasteiger partial charge is 0.251 e. The van der Waals surface area contributed by atoms with Crippen LogP contribution in [-0.2, 0) is 6.54 Å². The Kier molecular flexibility index (Phi) is 5.31. The van der Waals surface area contributed by atoms with E-state index in [1.54, 1.807) is 0 Å². The highest BCUT2D eigenvalue weighted by Gasteiger charge is 2.16. The number of carbonyl (C=O) groups excluding carboxylic acids is 1. The third-order valence-electron chi connectivity index (χ3n) is 4.91. The Bertz CT molecular complexity index is 952. The van der Waals surface area contributed by atoms with Crippen LogP contribution in [0.15, 0.2) is 40.9 Å². The lowest BCUT2D eigenvalue weighted by molar-refractivity contribution is 0.0950. The van der Waals surface area contributed by atoms with Crippen LogP contribution in [0.2, 0.25) is 0 Å². The van der Waals surface area contributed by atoms with Gasteiger partial charge in [0, 0.05) is 30.4 Å². The summed E-state index contributed by atoms with van der Waals surface area (Å²) in [4.78, 5) is 12.9. The number of amides is 1. The molecule has 0 unspecified atom stereocenters. The molecule has 0 fully saturated rings. The Morgan fingerprint density at radius 1 is 1.04 bits per heavy atom. The average Bonchev–Trinajstić information content (AvgIpc) is 2.98. The molecule has 0 atom stereocenters. The zero-order valence-corrected chi connectivity index (χ0v) is 16.4. The highest BCUT2D eigenvalue weighted by Crippen LogP contribution is 2.29. The molecule has 1 heterocycles. The van der Waals surface area contributed by atoms with Crippen LogP contribution < -0.4 is 10.6 Å². The normalized spacial score (nSPS) is 10.7. The second kappa shape index (κ2) is 7.66. The van der Waals surface area contributed by atoms with E-state index in [4.69, 9.17) is 4.52 Å². The minimum atomic E-state index is -0.113. The minimum Gasteiger partial charge on any atom is -0.388 e. The molecule has 0 aliphatic heterocycles. The number of benzene rings is 2. The van der Waals surface area contributed by atoms with Gasteiger partial charge >= 0.3 is 0 Å². The van der Waals surface area contributed by atoms with Gasteiger partial charge in [-0.05, 0) is 56.5 Å². The van der Waals surface area contributed by atoms with Crippen molar-refractivity contribution >= 4 is 11.6 Å². The van der Waals surface area contributed by atoms with E-state index in [9.17, 15) is 4.79 Å². The Balaban J connectivity index is 1.92. The van der Waals surface area contributed by atoms with Gasteiger partial charge in [-0.15, -0.1) is 0 Å². The van der Waals surface area contributed by atoms with E-state index < -0.39 is 0 Å². The molecule has 2 N–H and O–H groups in total. The van der Waals surface area contributed by atoms with Crippen molar-refractivity contribution < 1.29 is 9.32 Å². The summed E-state index contributed by atoms with van der Waals surface area (Å²) >= 11 is 0. The molecule has 1 amide bonds. The van der Waals surface area contributed by atoms with Crippen molar-refractivity contribution in [1.82, 2.24) is 10.5 Å². The maximum absolute atomic E-state index is 12.9. The summed E-state index contributed by atoms with van der Waals surface area (Å²) in [6.07, 6.45) is 0. The van der Waals surface area contributed by atoms with Crippen molar-refractivity contribution in [3.63, 3.8) is 0 Å².